The van der Waals surface area contributed by atoms with Crippen molar-refractivity contribution in [1.82, 2.24) is 15.2 Å². The van der Waals surface area contributed by atoms with Crippen molar-refractivity contribution in [1.29, 1.82) is 0 Å². The van der Waals surface area contributed by atoms with Gasteiger partial charge in [-0.25, -0.2) is 4.98 Å². The lowest BCUT2D eigenvalue weighted by Crippen LogP contribution is -2.40. The maximum Gasteiger partial charge on any atom is 0.238 e. The van der Waals surface area contributed by atoms with Gasteiger partial charge in [0.2, 0.25) is 17.7 Å². The van der Waals surface area contributed by atoms with Crippen molar-refractivity contribution < 1.29 is 14.3 Å². The van der Waals surface area contributed by atoms with E-state index in [2.05, 4.69) is 20.5 Å². The summed E-state index contributed by atoms with van der Waals surface area (Å²) in [7, 11) is 0. The van der Waals surface area contributed by atoms with Gasteiger partial charge >= 0.3 is 0 Å². The van der Waals surface area contributed by atoms with Gasteiger partial charge < -0.3 is 19.9 Å². The number of benzene rings is 1. The molecule has 0 spiro atoms. The third-order valence-electron chi connectivity index (χ3n) is 6.31. The fraction of sp³-hybridized carbons (Fsp3) is 0.292. The van der Waals surface area contributed by atoms with Crippen LogP contribution in [0.4, 0.5) is 22.9 Å². The predicted octanol–water partition coefficient (Wildman–Crippen LogP) is 3.30. The molecule has 6 rings (SSSR count). The van der Waals surface area contributed by atoms with Crippen LogP contribution in [0.3, 0.4) is 0 Å². The zero-order valence-corrected chi connectivity index (χ0v) is 17.9. The van der Waals surface area contributed by atoms with Gasteiger partial charge in [0.25, 0.3) is 0 Å². The summed E-state index contributed by atoms with van der Waals surface area (Å²) < 4.78 is 5.72. The molecule has 9 nitrogen and oxygen atoms in total. The highest BCUT2D eigenvalue weighted by atomic mass is 16.5. The van der Waals surface area contributed by atoms with Crippen molar-refractivity contribution >= 4 is 34.7 Å². The molecule has 0 saturated carbocycles. The second-order valence-electron chi connectivity index (χ2n) is 8.44. The molecule has 3 aromatic rings. The maximum absolute atomic E-state index is 12.3. The Hall–Kier alpha value is -4.01. The van der Waals surface area contributed by atoms with Crippen molar-refractivity contribution in [3.8, 4) is 17.1 Å². The van der Waals surface area contributed by atoms with E-state index in [4.69, 9.17) is 4.74 Å². The minimum atomic E-state index is 0.0797. The molecule has 0 bridgehead atoms. The molecule has 2 fully saturated rings. The summed E-state index contributed by atoms with van der Waals surface area (Å²) in [5.41, 5.74) is 3.98. The van der Waals surface area contributed by atoms with E-state index in [9.17, 15) is 9.59 Å². The quantitative estimate of drug-likeness (QED) is 0.662. The number of nitrogens with one attached hydrogen (secondary N) is 1. The highest BCUT2D eigenvalue weighted by Gasteiger charge is 2.38. The molecular weight excluding hydrogens is 420 g/mol. The Morgan fingerprint density at radius 3 is 2.64 bits per heavy atom. The number of nitrogens with zero attached hydrogens (tertiary/aromatic N) is 5. The average Bonchev–Trinajstić information content (AvgIpc) is 3.45. The van der Waals surface area contributed by atoms with Crippen LogP contribution in [0.2, 0.25) is 0 Å². The van der Waals surface area contributed by atoms with Crippen LogP contribution in [0.25, 0.3) is 11.3 Å². The molecule has 1 aromatic carbocycles. The van der Waals surface area contributed by atoms with Crippen molar-refractivity contribution in [3.63, 3.8) is 0 Å². The first-order valence-electron chi connectivity index (χ1n) is 11.1. The summed E-state index contributed by atoms with van der Waals surface area (Å²) in [5.74, 6) is 1.33. The van der Waals surface area contributed by atoms with Crippen molar-refractivity contribution in [3.05, 3.63) is 48.7 Å². The molecule has 1 atom stereocenters. The van der Waals surface area contributed by atoms with Gasteiger partial charge in [-0.3, -0.25) is 9.59 Å². The number of aromatic nitrogens is 3. The summed E-state index contributed by atoms with van der Waals surface area (Å²) in [5, 5.41) is 11.8. The van der Waals surface area contributed by atoms with Crippen LogP contribution in [0.15, 0.2) is 48.7 Å². The third-order valence-corrected chi connectivity index (χ3v) is 6.31. The lowest BCUT2D eigenvalue weighted by molar-refractivity contribution is -0.118. The molecule has 3 aliphatic heterocycles. The Labute approximate surface area is 190 Å². The summed E-state index contributed by atoms with van der Waals surface area (Å²) in [6.07, 6.45) is 4.52. The van der Waals surface area contributed by atoms with E-state index >= 15 is 0 Å². The molecule has 9 heteroatoms. The second kappa shape index (κ2) is 7.84. The molecule has 2 amide bonds. The Balaban J connectivity index is 1.18. The largest absolute Gasteiger partial charge is 0.474 e. The number of ether oxygens (including phenoxy) is 1. The smallest absolute Gasteiger partial charge is 0.238 e. The molecule has 3 aliphatic rings. The van der Waals surface area contributed by atoms with E-state index in [1.165, 1.54) is 0 Å². The Kier molecular flexibility index (Phi) is 4.67. The van der Waals surface area contributed by atoms with E-state index in [0.29, 0.717) is 42.5 Å². The van der Waals surface area contributed by atoms with E-state index < -0.39 is 0 Å². The monoisotopic (exact) mass is 442 g/mol. The molecule has 0 unspecified atom stereocenters. The summed E-state index contributed by atoms with van der Waals surface area (Å²) in [6, 6.07) is 13.5. The number of rotatable bonds is 4. The van der Waals surface area contributed by atoms with Crippen molar-refractivity contribution in [2.45, 2.75) is 31.7 Å². The summed E-state index contributed by atoms with van der Waals surface area (Å²) in [6.45, 7) is 1.26. The van der Waals surface area contributed by atoms with E-state index in [-0.39, 0.29) is 17.9 Å². The van der Waals surface area contributed by atoms with Crippen LogP contribution in [0.5, 0.6) is 5.88 Å². The second-order valence-corrected chi connectivity index (χ2v) is 8.44. The minimum absolute atomic E-state index is 0.0797. The predicted molar refractivity (Wildman–Crippen MR) is 123 cm³/mol. The average molecular weight is 442 g/mol. The molecule has 1 N–H and O–H groups in total. The van der Waals surface area contributed by atoms with Gasteiger partial charge in [0.15, 0.2) is 5.82 Å². The summed E-state index contributed by atoms with van der Waals surface area (Å²) in [4.78, 5) is 32.2. The highest BCUT2D eigenvalue weighted by molar-refractivity contribution is 5.98. The van der Waals surface area contributed by atoms with Crippen LogP contribution in [-0.2, 0) is 9.59 Å². The number of hydrogen-bond acceptors (Lipinski definition) is 7. The molecule has 5 heterocycles. The maximum atomic E-state index is 12.3. The Bertz CT molecular complexity index is 1230. The van der Waals surface area contributed by atoms with Crippen molar-refractivity contribution in [2.24, 2.45) is 0 Å². The fourth-order valence-electron chi connectivity index (χ4n) is 4.63. The van der Waals surface area contributed by atoms with Gasteiger partial charge in [0, 0.05) is 30.6 Å². The molecule has 0 aliphatic carbocycles. The number of fused-ring (bicyclic) bond motifs is 3. The molecule has 33 heavy (non-hydrogen) atoms. The standard InChI is InChI=1S/C24H22N6O3/c31-22-2-1-11-29(22)17-5-3-15(4-6-17)19-8-9-21(28-27-19)26-16-12-20-24(25-13-16)33-14-18-7-10-23(32)30(18)20/h3-6,8-9,12-13,18H,1-2,7,10-11,14H2,(H,26,28)/t18-/m0/s1. The first-order valence-corrected chi connectivity index (χ1v) is 11.1. The highest BCUT2D eigenvalue weighted by Crippen LogP contribution is 2.39. The molecule has 2 aromatic heterocycles. The topological polar surface area (TPSA) is 101 Å². The van der Waals surface area contributed by atoms with Crippen LogP contribution in [0, 0.1) is 0 Å². The third kappa shape index (κ3) is 3.55. The normalized spacial score (nSPS) is 19.3. The van der Waals surface area contributed by atoms with Crippen LogP contribution in [-0.4, -0.2) is 46.2 Å². The van der Waals surface area contributed by atoms with Gasteiger partial charge in [-0.05, 0) is 43.2 Å². The van der Waals surface area contributed by atoms with Gasteiger partial charge in [0.05, 0.1) is 23.6 Å². The SMILES string of the molecule is O=C1CCCN1c1ccc(-c2ccc(Nc3cnc4c(c3)N3C(=O)CC[C@H]3CO4)nn2)cc1. The van der Waals surface area contributed by atoms with Crippen LogP contribution in [0.1, 0.15) is 25.7 Å². The van der Waals surface area contributed by atoms with Crippen LogP contribution < -0.4 is 19.9 Å². The van der Waals surface area contributed by atoms with E-state index in [1.54, 1.807) is 11.1 Å². The van der Waals surface area contributed by atoms with Gasteiger partial charge in [0.1, 0.15) is 12.3 Å². The first-order chi connectivity index (χ1) is 16.2. The zero-order chi connectivity index (χ0) is 22.4. The molecule has 0 radical (unpaired) electrons. The molecule has 2 saturated heterocycles. The number of carbonyl (C=O) groups excluding carboxylic acids is 2. The van der Waals surface area contributed by atoms with E-state index in [1.807, 2.05) is 47.4 Å². The number of anilines is 4. The number of pyridine rings is 1. The van der Waals surface area contributed by atoms with E-state index in [0.717, 1.165) is 36.3 Å². The minimum Gasteiger partial charge on any atom is -0.474 e. The molecular formula is C24H22N6O3. The number of amides is 2. The lowest BCUT2D eigenvalue weighted by Gasteiger charge is -2.31. The van der Waals surface area contributed by atoms with Crippen LogP contribution >= 0.6 is 0 Å². The number of carbonyl (C=O) groups is 2. The Morgan fingerprint density at radius 1 is 1.00 bits per heavy atom. The zero-order valence-electron chi connectivity index (χ0n) is 17.9. The van der Waals surface area contributed by atoms with Gasteiger partial charge in [-0.15, -0.1) is 10.2 Å². The molecule has 166 valence electrons. The van der Waals surface area contributed by atoms with Gasteiger partial charge in [-0.1, -0.05) is 12.1 Å². The Morgan fingerprint density at radius 2 is 1.88 bits per heavy atom. The number of hydrogen-bond donors (Lipinski definition) is 1. The van der Waals surface area contributed by atoms with Gasteiger partial charge in [-0.2, -0.15) is 0 Å². The lowest BCUT2D eigenvalue weighted by atomic mass is 10.1. The summed E-state index contributed by atoms with van der Waals surface area (Å²) >= 11 is 0. The van der Waals surface area contributed by atoms with Crippen molar-refractivity contribution in [2.75, 3.05) is 28.3 Å². The first kappa shape index (κ1) is 19.7. The fourth-order valence-corrected chi connectivity index (χ4v) is 4.63.